The molecule has 7 heteroatoms. The summed E-state index contributed by atoms with van der Waals surface area (Å²) < 4.78 is 28.3. The van der Waals surface area contributed by atoms with E-state index in [4.69, 9.17) is 5.41 Å². The van der Waals surface area contributed by atoms with E-state index >= 15 is 0 Å². The van der Waals surface area contributed by atoms with Crippen LogP contribution in [0.15, 0.2) is 42.6 Å². The molecule has 2 N–H and O–H groups in total. The summed E-state index contributed by atoms with van der Waals surface area (Å²) in [5.41, 5.74) is 2.05. The number of amides is 1. The number of carbonyl (C=O) groups excluding carboxylic acids is 1. The van der Waals surface area contributed by atoms with Gasteiger partial charge >= 0.3 is 0 Å². The third-order valence-corrected chi connectivity index (χ3v) is 4.69. The molecule has 1 fully saturated rings. The lowest BCUT2D eigenvalue weighted by atomic mass is 9.92. The Balaban J connectivity index is 1.92. The standard InChI is InChI=1S/C20H22F2N4O/c1-2-5-14(9-12-23)17-16-6-3-4-13-26(16)18(25-17)19(27)24-15-7-10-20(21,22)11-8-15/h2-6,9,12-13,15,23H,7-8,10-11H2,1H3,(H,24,27)/b5-2-,14-9+,23-12?. The summed E-state index contributed by atoms with van der Waals surface area (Å²) in [7, 11) is 0. The topological polar surface area (TPSA) is 70.2 Å². The first-order valence-electron chi connectivity index (χ1n) is 8.95. The molecule has 0 aliphatic heterocycles. The number of fused-ring (bicyclic) bond motifs is 1. The van der Waals surface area contributed by atoms with E-state index in [9.17, 15) is 13.6 Å². The van der Waals surface area contributed by atoms with Gasteiger partial charge in [-0.1, -0.05) is 18.2 Å². The van der Waals surface area contributed by atoms with Crippen LogP contribution in [0.2, 0.25) is 0 Å². The van der Waals surface area contributed by atoms with Crippen molar-refractivity contribution in [2.45, 2.75) is 44.6 Å². The molecule has 0 spiro atoms. The molecular formula is C20H22F2N4O. The Bertz CT molecular complexity index is 904. The van der Waals surface area contributed by atoms with Crippen molar-refractivity contribution >= 4 is 23.2 Å². The van der Waals surface area contributed by atoms with E-state index in [1.807, 2.05) is 31.2 Å². The summed E-state index contributed by atoms with van der Waals surface area (Å²) in [6.45, 7) is 1.86. The van der Waals surface area contributed by atoms with E-state index in [2.05, 4.69) is 10.3 Å². The molecule has 1 saturated carbocycles. The molecule has 0 aromatic carbocycles. The smallest absolute Gasteiger partial charge is 0.287 e. The van der Waals surface area contributed by atoms with Crippen molar-refractivity contribution in [2.75, 3.05) is 0 Å². The Morgan fingerprint density at radius 1 is 1.37 bits per heavy atom. The van der Waals surface area contributed by atoms with Crippen molar-refractivity contribution in [1.29, 1.82) is 5.41 Å². The number of alkyl halides is 2. The predicted octanol–water partition coefficient (Wildman–Crippen LogP) is 4.25. The number of imidazole rings is 1. The van der Waals surface area contributed by atoms with Crippen molar-refractivity contribution in [2.24, 2.45) is 0 Å². The van der Waals surface area contributed by atoms with Gasteiger partial charge in [-0.25, -0.2) is 13.8 Å². The van der Waals surface area contributed by atoms with Crippen molar-refractivity contribution in [3.8, 4) is 0 Å². The van der Waals surface area contributed by atoms with Gasteiger partial charge in [-0.3, -0.25) is 9.20 Å². The van der Waals surface area contributed by atoms with Crippen LogP contribution in [0.25, 0.3) is 11.1 Å². The van der Waals surface area contributed by atoms with E-state index in [-0.39, 0.29) is 43.5 Å². The Labute approximate surface area is 156 Å². The molecule has 0 atom stereocenters. The Kier molecular flexibility index (Phi) is 5.48. The zero-order chi connectivity index (χ0) is 19.4. The zero-order valence-electron chi connectivity index (χ0n) is 15.1. The molecule has 5 nitrogen and oxygen atoms in total. The molecule has 0 bridgehead atoms. The molecule has 142 valence electrons. The summed E-state index contributed by atoms with van der Waals surface area (Å²) >= 11 is 0. The second-order valence-corrected chi connectivity index (χ2v) is 6.63. The zero-order valence-corrected chi connectivity index (χ0v) is 15.1. The van der Waals surface area contributed by atoms with Crippen LogP contribution in [0, 0.1) is 5.41 Å². The molecular weight excluding hydrogens is 350 g/mol. The van der Waals surface area contributed by atoms with Crippen molar-refractivity contribution in [3.05, 3.63) is 54.1 Å². The number of nitrogens with zero attached hydrogens (tertiary/aromatic N) is 2. The van der Waals surface area contributed by atoms with Crippen molar-refractivity contribution in [3.63, 3.8) is 0 Å². The summed E-state index contributed by atoms with van der Waals surface area (Å²) in [5.74, 6) is -2.81. The predicted molar refractivity (Wildman–Crippen MR) is 101 cm³/mol. The van der Waals surface area contributed by atoms with Gasteiger partial charge in [0.05, 0.1) is 11.2 Å². The third kappa shape index (κ3) is 4.13. The second kappa shape index (κ2) is 7.82. The number of halogens is 2. The quantitative estimate of drug-likeness (QED) is 0.608. The van der Waals surface area contributed by atoms with Crippen molar-refractivity contribution < 1.29 is 13.6 Å². The van der Waals surface area contributed by atoms with E-state index in [0.29, 0.717) is 11.3 Å². The Hall–Kier alpha value is -2.83. The number of pyridine rings is 1. The van der Waals surface area contributed by atoms with E-state index in [1.165, 1.54) is 6.21 Å². The maximum absolute atomic E-state index is 13.3. The van der Waals surface area contributed by atoms with Crippen LogP contribution >= 0.6 is 0 Å². The average Bonchev–Trinajstić information content (AvgIpc) is 3.03. The molecule has 0 saturated heterocycles. The summed E-state index contributed by atoms with van der Waals surface area (Å²) in [6.07, 6.45) is 8.28. The summed E-state index contributed by atoms with van der Waals surface area (Å²) in [4.78, 5) is 17.3. The number of hydrogen-bond acceptors (Lipinski definition) is 3. The van der Waals surface area contributed by atoms with E-state index < -0.39 is 5.92 Å². The van der Waals surface area contributed by atoms with Crippen LogP contribution in [-0.2, 0) is 0 Å². The van der Waals surface area contributed by atoms with Gasteiger partial charge in [-0.15, -0.1) is 0 Å². The van der Waals surface area contributed by atoms with Gasteiger partial charge in [-0.05, 0) is 38.0 Å². The van der Waals surface area contributed by atoms with Crippen LogP contribution in [-0.4, -0.2) is 33.5 Å². The largest absolute Gasteiger partial charge is 0.347 e. The molecule has 1 amide bonds. The molecule has 2 heterocycles. The number of rotatable bonds is 5. The SMILES string of the molecule is C/C=C\C(=C/C=N)c1nc(C(=O)NC2CCC(F)(F)CC2)n2ccccc12. The molecule has 1 aliphatic carbocycles. The first-order valence-corrected chi connectivity index (χ1v) is 8.95. The van der Waals surface area contributed by atoms with Gasteiger partial charge in [0.25, 0.3) is 5.91 Å². The highest BCUT2D eigenvalue weighted by atomic mass is 19.3. The Morgan fingerprint density at radius 2 is 2.11 bits per heavy atom. The van der Waals surface area contributed by atoms with E-state index in [0.717, 1.165) is 5.52 Å². The van der Waals surface area contributed by atoms with Gasteiger partial charge in [-0.2, -0.15) is 0 Å². The monoisotopic (exact) mass is 372 g/mol. The normalized spacial score (nSPS) is 18.1. The minimum atomic E-state index is -2.63. The fraction of sp³-hybridized carbons (Fsp3) is 0.350. The molecule has 0 radical (unpaired) electrons. The number of nitrogens with one attached hydrogen (secondary N) is 2. The van der Waals surface area contributed by atoms with Gasteiger partial charge in [0.1, 0.15) is 0 Å². The fourth-order valence-electron chi connectivity index (χ4n) is 3.33. The van der Waals surface area contributed by atoms with Crippen LogP contribution < -0.4 is 5.32 Å². The highest BCUT2D eigenvalue weighted by molar-refractivity contribution is 5.96. The number of aromatic nitrogens is 2. The van der Waals surface area contributed by atoms with Crippen LogP contribution in [0.1, 0.15) is 48.9 Å². The summed E-state index contributed by atoms with van der Waals surface area (Å²) in [5, 5.41) is 10.2. The van der Waals surface area contributed by atoms with Gasteiger partial charge < -0.3 is 10.7 Å². The third-order valence-electron chi connectivity index (χ3n) is 4.69. The maximum Gasteiger partial charge on any atom is 0.287 e. The maximum atomic E-state index is 13.3. The first-order chi connectivity index (χ1) is 12.9. The number of carbonyl (C=O) groups is 1. The van der Waals surface area contributed by atoms with Crippen LogP contribution in [0.5, 0.6) is 0 Å². The molecule has 0 unspecified atom stereocenters. The molecule has 3 rings (SSSR count). The van der Waals surface area contributed by atoms with Crippen LogP contribution in [0.4, 0.5) is 8.78 Å². The molecule has 1 aliphatic rings. The fourth-order valence-corrected chi connectivity index (χ4v) is 3.33. The summed E-state index contributed by atoms with van der Waals surface area (Å²) in [6, 6.07) is 5.22. The lowest BCUT2D eigenvalue weighted by molar-refractivity contribution is -0.0399. The Morgan fingerprint density at radius 3 is 2.78 bits per heavy atom. The van der Waals surface area contributed by atoms with Crippen molar-refractivity contribution in [1.82, 2.24) is 14.7 Å². The lowest BCUT2D eigenvalue weighted by Gasteiger charge is -2.28. The van der Waals surface area contributed by atoms with Gasteiger partial charge in [0.15, 0.2) is 0 Å². The molecule has 2 aromatic heterocycles. The first kappa shape index (κ1) is 18.9. The van der Waals surface area contributed by atoms with E-state index in [1.54, 1.807) is 22.7 Å². The lowest BCUT2D eigenvalue weighted by Crippen LogP contribution is -2.40. The highest BCUT2D eigenvalue weighted by Crippen LogP contribution is 2.33. The van der Waals surface area contributed by atoms with Gasteiger partial charge in [0, 0.05) is 36.9 Å². The number of hydrogen-bond donors (Lipinski definition) is 2. The minimum Gasteiger partial charge on any atom is -0.347 e. The minimum absolute atomic E-state index is 0.207. The number of allylic oxidation sites excluding steroid dienone is 4. The second-order valence-electron chi connectivity index (χ2n) is 6.63. The highest BCUT2D eigenvalue weighted by Gasteiger charge is 2.35. The van der Waals surface area contributed by atoms with Crippen LogP contribution in [0.3, 0.4) is 0 Å². The molecule has 27 heavy (non-hydrogen) atoms. The molecule has 2 aromatic rings. The average molecular weight is 372 g/mol. The van der Waals surface area contributed by atoms with Gasteiger partial charge in [0.2, 0.25) is 11.7 Å².